The Bertz CT molecular complexity index is 1100. The second kappa shape index (κ2) is 8.20. The summed E-state index contributed by atoms with van der Waals surface area (Å²) in [6.45, 7) is 2.71. The van der Waals surface area contributed by atoms with Crippen molar-refractivity contribution in [3.8, 4) is 0 Å². The van der Waals surface area contributed by atoms with Gasteiger partial charge in [-0.25, -0.2) is 4.98 Å². The fourth-order valence-corrected chi connectivity index (χ4v) is 3.31. The highest BCUT2D eigenvalue weighted by atomic mass is 16.6. The van der Waals surface area contributed by atoms with Gasteiger partial charge in [0, 0.05) is 41.7 Å². The molecule has 1 fully saturated rings. The van der Waals surface area contributed by atoms with E-state index < -0.39 is 4.92 Å². The number of ether oxygens (including phenoxy) is 1. The fourth-order valence-electron chi connectivity index (χ4n) is 3.31. The predicted molar refractivity (Wildman–Crippen MR) is 111 cm³/mol. The number of fused-ring (bicyclic) bond motifs is 1. The minimum absolute atomic E-state index is 0.106. The van der Waals surface area contributed by atoms with E-state index in [-0.39, 0.29) is 17.0 Å². The van der Waals surface area contributed by atoms with Crippen LogP contribution in [0, 0.1) is 10.1 Å². The first-order valence-corrected chi connectivity index (χ1v) is 9.31. The molecule has 0 bridgehead atoms. The van der Waals surface area contributed by atoms with E-state index in [0.29, 0.717) is 13.2 Å². The Balaban J connectivity index is 1.69. The molecule has 2 heterocycles. The summed E-state index contributed by atoms with van der Waals surface area (Å²) in [7, 11) is 0. The number of non-ortho nitro benzene ring substituents is 1. The van der Waals surface area contributed by atoms with Gasteiger partial charge < -0.3 is 9.64 Å². The molecule has 3 aromatic rings. The predicted octanol–water partition coefficient (Wildman–Crippen LogP) is 3.88. The minimum Gasteiger partial charge on any atom is -0.378 e. The SMILES string of the molecule is O=C(/C=C/c1cc2ccccc2nc1N1CCOCC1)c1cccc([N+](=O)[O-])c1. The number of carbonyl (C=O) groups excluding carboxylic acids is 1. The summed E-state index contributed by atoms with van der Waals surface area (Å²) in [6.07, 6.45) is 3.17. The number of allylic oxidation sites excluding steroid dienone is 1. The normalized spacial score (nSPS) is 14.4. The first-order valence-electron chi connectivity index (χ1n) is 9.31. The first-order chi connectivity index (χ1) is 14.1. The maximum atomic E-state index is 12.6. The number of nitro benzene ring substituents is 1. The van der Waals surface area contributed by atoms with Crippen molar-refractivity contribution in [3.63, 3.8) is 0 Å². The quantitative estimate of drug-likeness (QED) is 0.285. The van der Waals surface area contributed by atoms with Crippen molar-refractivity contribution in [2.75, 3.05) is 31.2 Å². The third kappa shape index (κ3) is 4.14. The smallest absolute Gasteiger partial charge is 0.270 e. The average molecular weight is 389 g/mol. The molecule has 2 aromatic carbocycles. The number of carbonyl (C=O) groups is 1. The number of rotatable bonds is 5. The molecule has 0 N–H and O–H groups in total. The maximum absolute atomic E-state index is 12.6. The number of morpholine rings is 1. The average Bonchev–Trinajstić information content (AvgIpc) is 2.77. The highest BCUT2D eigenvalue weighted by molar-refractivity contribution is 6.07. The van der Waals surface area contributed by atoms with E-state index in [4.69, 9.17) is 9.72 Å². The molecule has 0 radical (unpaired) electrons. The molecule has 29 heavy (non-hydrogen) atoms. The molecule has 1 aromatic heterocycles. The van der Waals surface area contributed by atoms with Crippen molar-refractivity contribution < 1.29 is 14.5 Å². The number of nitro groups is 1. The molecule has 1 aliphatic heterocycles. The van der Waals surface area contributed by atoms with Crippen molar-refractivity contribution in [1.82, 2.24) is 4.98 Å². The lowest BCUT2D eigenvalue weighted by Gasteiger charge is -2.29. The highest BCUT2D eigenvalue weighted by Gasteiger charge is 2.17. The first kappa shape index (κ1) is 18.8. The molecule has 7 nitrogen and oxygen atoms in total. The lowest BCUT2D eigenvalue weighted by Crippen LogP contribution is -2.37. The number of anilines is 1. The number of hydrogen-bond acceptors (Lipinski definition) is 6. The van der Waals surface area contributed by atoms with Crippen LogP contribution in [0.15, 0.2) is 60.7 Å². The van der Waals surface area contributed by atoms with Crippen LogP contribution in [0.1, 0.15) is 15.9 Å². The van der Waals surface area contributed by atoms with Crippen LogP contribution in [-0.4, -0.2) is 42.0 Å². The van der Waals surface area contributed by atoms with Crippen molar-refractivity contribution in [2.45, 2.75) is 0 Å². The molecule has 1 saturated heterocycles. The zero-order valence-corrected chi connectivity index (χ0v) is 15.7. The Hall–Kier alpha value is -3.58. The van der Waals surface area contributed by atoms with Crippen LogP contribution >= 0.6 is 0 Å². The van der Waals surface area contributed by atoms with E-state index in [0.717, 1.165) is 35.4 Å². The third-order valence-corrected chi connectivity index (χ3v) is 4.80. The monoisotopic (exact) mass is 389 g/mol. The van der Waals surface area contributed by atoms with E-state index >= 15 is 0 Å². The van der Waals surface area contributed by atoms with Gasteiger partial charge in [0.1, 0.15) is 5.82 Å². The topological polar surface area (TPSA) is 85.6 Å². The van der Waals surface area contributed by atoms with Gasteiger partial charge in [0.2, 0.25) is 0 Å². The number of ketones is 1. The van der Waals surface area contributed by atoms with Crippen LogP contribution in [0.3, 0.4) is 0 Å². The Labute approximate surface area is 167 Å². The number of hydrogen-bond donors (Lipinski definition) is 0. The number of pyridine rings is 1. The summed E-state index contributed by atoms with van der Waals surface area (Å²) in [4.78, 5) is 30.0. The Morgan fingerprint density at radius 1 is 1.10 bits per heavy atom. The maximum Gasteiger partial charge on any atom is 0.270 e. The summed E-state index contributed by atoms with van der Waals surface area (Å²) in [5.74, 6) is 0.505. The van der Waals surface area contributed by atoms with E-state index in [2.05, 4.69) is 4.90 Å². The Kier molecular flexibility index (Phi) is 5.31. The molecule has 0 amide bonds. The van der Waals surface area contributed by atoms with Gasteiger partial charge in [0.25, 0.3) is 5.69 Å². The molecule has 0 aliphatic carbocycles. The molecule has 1 aliphatic rings. The summed E-state index contributed by atoms with van der Waals surface area (Å²) in [5, 5.41) is 11.9. The van der Waals surface area contributed by atoms with E-state index in [1.165, 1.54) is 24.3 Å². The lowest BCUT2D eigenvalue weighted by molar-refractivity contribution is -0.384. The van der Waals surface area contributed by atoms with Crippen LogP contribution in [0.5, 0.6) is 0 Å². The standard InChI is InChI=1S/C22H19N3O4/c26-21(17-5-3-6-19(15-17)25(27)28)9-8-18-14-16-4-1-2-7-20(16)23-22(18)24-10-12-29-13-11-24/h1-9,14-15H,10-13H2/b9-8+. The summed E-state index contributed by atoms with van der Waals surface area (Å²) >= 11 is 0. The summed E-state index contributed by atoms with van der Waals surface area (Å²) in [6, 6.07) is 15.6. The molecule has 7 heteroatoms. The van der Waals surface area contributed by atoms with Gasteiger partial charge in [-0.05, 0) is 24.3 Å². The van der Waals surface area contributed by atoms with E-state index in [1.807, 2.05) is 30.3 Å². The molecule has 0 unspecified atom stereocenters. The summed E-state index contributed by atoms with van der Waals surface area (Å²) in [5.41, 5.74) is 1.88. The molecular weight excluding hydrogens is 370 g/mol. The van der Waals surface area contributed by atoms with Gasteiger partial charge in [-0.15, -0.1) is 0 Å². The van der Waals surface area contributed by atoms with Gasteiger partial charge >= 0.3 is 0 Å². The van der Waals surface area contributed by atoms with Gasteiger partial charge in [-0.3, -0.25) is 14.9 Å². The van der Waals surface area contributed by atoms with Gasteiger partial charge in [-0.1, -0.05) is 30.3 Å². The van der Waals surface area contributed by atoms with Crippen LogP contribution in [-0.2, 0) is 4.74 Å². The van der Waals surface area contributed by atoms with E-state index in [9.17, 15) is 14.9 Å². The molecule has 4 rings (SSSR count). The van der Waals surface area contributed by atoms with Crippen LogP contribution in [0.4, 0.5) is 11.5 Å². The van der Waals surface area contributed by atoms with Crippen LogP contribution < -0.4 is 4.90 Å². The van der Waals surface area contributed by atoms with Crippen molar-refractivity contribution in [2.24, 2.45) is 0 Å². The third-order valence-electron chi connectivity index (χ3n) is 4.80. The second-order valence-corrected chi connectivity index (χ2v) is 6.70. The number of nitrogens with zero attached hydrogens (tertiary/aromatic N) is 3. The van der Waals surface area contributed by atoms with Gasteiger partial charge in [-0.2, -0.15) is 0 Å². The van der Waals surface area contributed by atoms with Crippen molar-refractivity contribution in [3.05, 3.63) is 81.9 Å². The van der Waals surface area contributed by atoms with Gasteiger partial charge in [0.05, 0.1) is 23.7 Å². The molecule has 0 atom stereocenters. The van der Waals surface area contributed by atoms with Crippen molar-refractivity contribution >= 4 is 34.3 Å². The lowest BCUT2D eigenvalue weighted by atomic mass is 10.1. The number of benzene rings is 2. The highest BCUT2D eigenvalue weighted by Crippen LogP contribution is 2.26. The van der Waals surface area contributed by atoms with Crippen LogP contribution in [0.2, 0.25) is 0 Å². The molecular formula is C22H19N3O4. The van der Waals surface area contributed by atoms with E-state index in [1.54, 1.807) is 12.1 Å². The zero-order chi connectivity index (χ0) is 20.2. The van der Waals surface area contributed by atoms with Crippen molar-refractivity contribution in [1.29, 1.82) is 0 Å². The van der Waals surface area contributed by atoms with Gasteiger partial charge in [0.15, 0.2) is 5.78 Å². The molecule has 0 saturated carbocycles. The second-order valence-electron chi connectivity index (χ2n) is 6.70. The zero-order valence-electron chi connectivity index (χ0n) is 15.7. The number of aromatic nitrogens is 1. The van der Waals surface area contributed by atoms with Crippen LogP contribution in [0.25, 0.3) is 17.0 Å². The molecule has 146 valence electrons. The summed E-state index contributed by atoms with van der Waals surface area (Å²) < 4.78 is 5.44. The fraction of sp³-hybridized carbons (Fsp3) is 0.182. The Morgan fingerprint density at radius 3 is 2.69 bits per heavy atom. The minimum atomic E-state index is -0.510. The Morgan fingerprint density at radius 2 is 1.90 bits per heavy atom. The largest absolute Gasteiger partial charge is 0.378 e. The molecule has 0 spiro atoms. The number of para-hydroxylation sites is 1.